The van der Waals surface area contributed by atoms with Crippen molar-refractivity contribution >= 4 is 33.0 Å². The zero-order chi connectivity index (χ0) is 11.5. The maximum Gasteiger partial charge on any atom is 0.0749 e. The van der Waals surface area contributed by atoms with Gasteiger partial charge in [0.05, 0.1) is 6.04 Å². The Bertz CT molecular complexity index is 484. The molecule has 0 saturated carbocycles. The molecule has 0 aliphatic heterocycles. The first-order valence-electron chi connectivity index (χ1n) is 4.76. The summed E-state index contributed by atoms with van der Waals surface area (Å²) >= 11 is 5.13. The highest BCUT2D eigenvalue weighted by Crippen LogP contribution is 2.33. The fourth-order valence-electron chi connectivity index (χ4n) is 1.62. The van der Waals surface area contributed by atoms with Crippen LogP contribution in [0.25, 0.3) is 0 Å². The third-order valence-electron chi connectivity index (χ3n) is 2.43. The number of benzene rings is 1. The molecule has 2 rings (SSSR count). The molecule has 5 heteroatoms. The summed E-state index contributed by atoms with van der Waals surface area (Å²) in [5.41, 5.74) is 11.6. The van der Waals surface area contributed by atoms with E-state index in [4.69, 9.17) is 11.6 Å². The van der Waals surface area contributed by atoms with Crippen molar-refractivity contribution in [3.05, 3.63) is 50.6 Å². The predicted octanol–water partition coefficient (Wildman–Crippen LogP) is 2.65. The lowest BCUT2D eigenvalue weighted by Gasteiger charge is -2.17. The second-order valence-corrected chi connectivity index (χ2v) is 5.00. The highest BCUT2D eigenvalue weighted by molar-refractivity contribution is 9.10. The highest BCUT2D eigenvalue weighted by atomic mass is 79.9. The average molecular weight is 298 g/mol. The number of nitrogen functional groups attached to an aromatic ring is 1. The van der Waals surface area contributed by atoms with Crippen LogP contribution in [0, 0.1) is 0 Å². The second kappa shape index (κ2) is 4.97. The molecular weight excluding hydrogens is 286 g/mol. The molecule has 16 heavy (non-hydrogen) atoms. The smallest absolute Gasteiger partial charge is 0.0749 e. The van der Waals surface area contributed by atoms with Gasteiger partial charge >= 0.3 is 0 Å². The molecular formula is C11H12BrN3S. The summed E-state index contributed by atoms with van der Waals surface area (Å²) in [5.74, 6) is 5.61. The third-order valence-corrected chi connectivity index (χ3v) is 4.18. The molecule has 0 bridgehead atoms. The largest absolute Gasteiger partial charge is 0.398 e. The number of rotatable bonds is 3. The Morgan fingerprint density at radius 3 is 2.50 bits per heavy atom. The minimum atomic E-state index is -0.0816. The van der Waals surface area contributed by atoms with Gasteiger partial charge in [0.2, 0.25) is 0 Å². The monoisotopic (exact) mass is 297 g/mol. The fourth-order valence-corrected chi connectivity index (χ4v) is 3.17. The maximum atomic E-state index is 5.95. The van der Waals surface area contributed by atoms with Gasteiger partial charge in [-0.3, -0.25) is 5.84 Å². The molecule has 1 unspecified atom stereocenters. The van der Waals surface area contributed by atoms with Gasteiger partial charge in [-0.15, -0.1) is 0 Å². The topological polar surface area (TPSA) is 64.1 Å². The summed E-state index contributed by atoms with van der Waals surface area (Å²) in [6.45, 7) is 0. The Hall–Kier alpha value is -0.880. The molecule has 5 N–H and O–H groups in total. The maximum absolute atomic E-state index is 5.95. The van der Waals surface area contributed by atoms with Gasteiger partial charge in [0.1, 0.15) is 0 Å². The van der Waals surface area contributed by atoms with Gasteiger partial charge in [0, 0.05) is 15.5 Å². The average Bonchev–Trinajstić information content (AvgIpc) is 2.69. The van der Waals surface area contributed by atoms with Gasteiger partial charge in [-0.1, -0.05) is 18.2 Å². The number of nitrogens with two attached hydrogens (primary N) is 2. The molecule has 0 spiro atoms. The van der Waals surface area contributed by atoms with E-state index in [1.165, 1.54) is 0 Å². The molecule has 0 amide bonds. The molecule has 2 aromatic rings. The molecule has 1 atom stereocenters. The highest BCUT2D eigenvalue weighted by Gasteiger charge is 2.17. The van der Waals surface area contributed by atoms with Gasteiger partial charge in [0.15, 0.2) is 0 Å². The first-order chi connectivity index (χ1) is 7.74. The van der Waals surface area contributed by atoms with Crippen molar-refractivity contribution in [2.45, 2.75) is 6.04 Å². The van der Waals surface area contributed by atoms with Crippen molar-refractivity contribution in [1.29, 1.82) is 0 Å². The summed E-state index contributed by atoms with van der Waals surface area (Å²) < 4.78 is 1.05. The van der Waals surface area contributed by atoms with Crippen LogP contribution in [0.2, 0.25) is 0 Å². The van der Waals surface area contributed by atoms with Crippen molar-refractivity contribution in [3.63, 3.8) is 0 Å². The van der Waals surface area contributed by atoms with E-state index in [2.05, 4.69) is 26.7 Å². The van der Waals surface area contributed by atoms with E-state index in [9.17, 15) is 0 Å². The van der Waals surface area contributed by atoms with E-state index >= 15 is 0 Å². The van der Waals surface area contributed by atoms with Crippen molar-refractivity contribution in [2.24, 2.45) is 5.84 Å². The van der Waals surface area contributed by atoms with Crippen LogP contribution >= 0.6 is 27.3 Å². The Kier molecular flexibility index (Phi) is 3.60. The number of hydrogen-bond acceptors (Lipinski definition) is 4. The Morgan fingerprint density at radius 1 is 1.19 bits per heavy atom. The molecule has 0 saturated heterocycles. The zero-order valence-corrected chi connectivity index (χ0v) is 10.9. The Balaban J connectivity index is 2.45. The summed E-state index contributed by atoms with van der Waals surface area (Å²) in [4.78, 5) is 0. The standard InChI is InChI=1S/C11H12BrN3S/c12-9-6-16-5-8(9)11(15-14)7-3-1-2-4-10(7)13/h1-6,11,15H,13-14H2. The summed E-state index contributed by atoms with van der Waals surface area (Å²) in [6, 6.07) is 7.64. The number of halogens is 1. The van der Waals surface area contributed by atoms with Crippen molar-refractivity contribution in [3.8, 4) is 0 Å². The second-order valence-electron chi connectivity index (χ2n) is 3.40. The van der Waals surface area contributed by atoms with Crippen LogP contribution in [-0.4, -0.2) is 0 Å². The van der Waals surface area contributed by atoms with Crippen molar-refractivity contribution in [1.82, 2.24) is 5.43 Å². The van der Waals surface area contributed by atoms with Crippen LogP contribution in [-0.2, 0) is 0 Å². The first kappa shape index (κ1) is 11.6. The lowest BCUT2D eigenvalue weighted by molar-refractivity contribution is 0.638. The third kappa shape index (κ3) is 2.12. The van der Waals surface area contributed by atoms with Gasteiger partial charge in [-0.25, -0.2) is 5.43 Å². The van der Waals surface area contributed by atoms with Crippen LogP contribution in [0.15, 0.2) is 39.5 Å². The van der Waals surface area contributed by atoms with Gasteiger partial charge in [-0.2, -0.15) is 11.3 Å². The molecule has 0 aliphatic rings. The molecule has 0 fully saturated rings. The minimum absolute atomic E-state index is 0.0816. The SMILES string of the molecule is NNC(c1ccccc1N)c1cscc1Br. The first-order valence-corrected chi connectivity index (χ1v) is 6.49. The number of para-hydroxylation sites is 1. The summed E-state index contributed by atoms with van der Waals surface area (Å²) in [7, 11) is 0. The number of nitrogens with one attached hydrogen (secondary N) is 1. The van der Waals surface area contributed by atoms with Crippen LogP contribution < -0.4 is 17.0 Å². The molecule has 1 heterocycles. The quantitative estimate of drug-likeness (QED) is 0.464. The number of hydrogen-bond donors (Lipinski definition) is 3. The molecule has 0 aliphatic carbocycles. The van der Waals surface area contributed by atoms with E-state index < -0.39 is 0 Å². The number of anilines is 1. The van der Waals surface area contributed by atoms with Crippen LogP contribution in [0.5, 0.6) is 0 Å². The van der Waals surface area contributed by atoms with Crippen molar-refractivity contribution < 1.29 is 0 Å². The van der Waals surface area contributed by atoms with E-state index in [1.807, 2.05) is 29.6 Å². The lowest BCUT2D eigenvalue weighted by Crippen LogP contribution is -2.29. The summed E-state index contributed by atoms with van der Waals surface area (Å²) in [5, 5.41) is 4.08. The minimum Gasteiger partial charge on any atom is -0.398 e. The van der Waals surface area contributed by atoms with Crippen LogP contribution in [0.4, 0.5) is 5.69 Å². The molecule has 1 aromatic heterocycles. The van der Waals surface area contributed by atoms with Gasteiger partial charge in [-0.05, 0) is 38.5 Å². The fraction of sp³-hybridized carbons (Fsp3) is 0.0909. The van der Waals surface area contributed by atoms with Crippen molar-refractivity contribution in [2.75, 3.05) is 5.73 Å². The molecule has 84 valence electrons. The number of hydrazine groups is 1. The zero-order valence-electron chi connectivity index (χ0n) is 8.48. The molecule has 3 nitrogen and oxygen atoms in total. The summed E-state index contributed by atoms with van der Waals surface area (Å²) in [6.07, 6.45) is 0. The van der Waals surface area contributed by atoms with E-state index in [0.717, 1.165) is 21.3 Å². The predicted molar refractivity (Wildman–Crippen MR) is 72.0 cm³/mol. The molecule has 0 radical (unpaired) electrons. The van der Waals surface area contributed by atoms with Crippen LogP contribution in [0.3, 0.4) is 0 Å². The Labute approximate surface area is 107 Å². The number of thiophene rings is 1. The molecule has 1 aromatic carbocycles. The Morgan fingerprint density at radius 2 is 1.94 bits per heavy atom. The van der Waals surface area contributed by atoms with Crippen LogP contribution in [0.1, 0.15) is 17.2 Å². The van der Waals surface area contributed by atoms with Gasteiger partial charge < -0.3 is 5.73 Å². The van der Waals surface area contributed by atoms with E-state index in [0.29, 0.717) is 0 Å². The van der Waals surface area contributed by atoms with Gasteiger partial charge in [0.25, 0.3) is 0 Å². The van der Waals surface area contributed by atoms with E-state index in [-0.39, 0.29) is 6.04 Å². The van der Waals surface area contributed by atoms with E-state index in [1.54, 1.807) is 11.3 Å². The normalized spacial score (nSPS) is 12.6. The lowest BCUT2D eigenvalue weighted by atomic mass is 10.0.